The molecule has 154 valence electrons. The number of nitrogens with one attached hydrogen (secondary N) is 1. The predicted octanol–water partition coefficient (Wildman–Crippen LogP) is 4.46. The fourth-order valence-electron chi connectivity index (χ4n) is 2.93. The molecule has 3 rings (SSSR count). The molecule has 29 heavy (non-hydrogen) atoms. The lowest BCUT2D eigenvalue weighted by Gasteiger charge is -2.17. The smallest absolute Gasteiger partial charge is 0.251 e. The normalized spacial score (nSPS) is 10.7. The summed E-state index contributed by atoms with van der Waals surface area (Å²) in [5, 5.41) is 3.96. The number of hydrogen-bond donors (Lipinski definition) is 1. The van der Waals surface area contributed by atoms with Crippen molar-refractivity contribution in [3.63, 3.8) is 0 Å². The molecule has 3 aromatic rings. The minimum absolute atomic E-state index is 0.184. The number of hydrogen-bond acceptors (Lipinski definition) is 6. The first-order valence-electron chi connectivity index (χ1n) is 9.85. The van der Waals surface area contributed by atoms with Crippen molar-refractivity contribution in [1.82, 2.24) is 10.3 Å². The van der Waals surface area contributed by atoms with Gasteiger partial charge in [-0.2, -0.15) is 0 Å². The summed E-state index contributed by atoms with van der Waals surface area (Å²) in [7, 11) is 0. The van der Waals surface area contributed by atoms with E-state index in [-0.39, 0.29) is 5.91 Å². The SMILES string of the molecule is CCOc1cc(C(=O)NCCc2nc3ccccc3s2)cc(OCC)c1OCC. The molecule has 0 saturated heterocycles. The van der Waals surface area contributed by atoms with E-state index in [1.165, 1.54) is 0 Å². The molecular formula is C22H26N2O4S. The number of ether oxygens (including phenoxy) is 3. The zero-order chi connectivity index (χ0) is 20.6. The molecule has 0 radical (unpaired) electrons. The van der Waals surface area contributed by atoms with Crippen molar-refractivity contribution in [2.24, 2.45) is 0 Å². The highest BCUT2D eigenvalue weighted by molar-refractivity contribution is 7.18. The molecule has 0 saturated carbocycles. The van der Waals surface area contributed by atoms with Crippen LogP contribution in [0.25, 0.3) is 10.2 Å². The summed E-state index contributed by atoms with van der Waals surface area (Å²) in [5.74, 6) is 1.37. The van der Waals surface area contributed by atoms with Gasteiger partial charge >= 0.3 is 0 Å². The second-order valence-corrected chi connectivity index (χ2v) is 7.30. The molecule has 2 aromatic carbocycles. The third kappa shape index (κ3) is 5.17. The highest BCUT2D eigenvalue weighted by Gasteiger charge is 2.18. The zero-order valence-electron chi connectivity index (χ0n) is 17.0. The number of fused-ring (bicyclic) bond motifs is 1. The lowest BCUT2D eigenvalue weighted by atomic mass is 10.1. The van der Waals surface area contributed by atoms with Crippen LogP contribution in [0.4, 0.5) is 0 Å². The third-order valence-electron chi connectivity index (χ3n) is 4.13. The van der Waals surface area contributed by atoms with E-state index in [2.05, 4.69) is 16.4 Å². The average molecular weight is 415 g/mol. The molecule has 0 aliphatic carbocycles. The van der Waals surface area contributed by atoms with E-state index in [0.29, 0.717) is 55.6 Å². The van der Waals surface area contributed by atoms with Crippen LogP contribution in [0.2, 0.25) is 0 Å². The Morgan fingerprint density at radius 2 is 1.66 bits per heavy atom. The molecule has 0 atom stereocenters. The van der Waals surface area contributed by atoms with Crippen LogP contribution < -0.4 is 19.5 Å². The van der Waals surface area contributed by atoms with Crippen LogP contribution in [0.1, 0.15) is 36.1 Å². The Bertz CT molecular complexity index is 910. The highest BCUT2D eigenvalue weighted by atomic mass is 32.1. The van der Waals surface area contributed by atoms with Gasteiger partial charge in [-0.05, 0) is 45.0 Å². The molecule has 0 aliphatic heterocycles. The molecule has 0 unspecified atom stereocenters. The largest absolute Gasteiger partial charge is 0.490 e. The van der Waals surface area contributed by atoms with Gasteiger partial charge in [-0.15, -0.1) is 11.3 Å². The van der Waals surface area contributed by atoms with Crippen LogP contribution >= 0.6 is 11.3 Å². The number of nitrogens with zero attached hydrogens (tertiary/aromatic N) is 1. The second kappa shape index (κ2) is 10.1. The van der Waals surface area contributed by atoms with Gasteiger partial charge < -0.3 is 19.5 Å². The first-order valence-corrected chi connectivity index (χ1v) is 10.7. The lowest BCUT2D eigenvalue weighted by Crippen LogP contribution is -2.25. The monoisotopic (exact) mass is 414 g/mol. The van der Waals surface area contributed by atoms with Crippen LogP contribution in [0.15, 0.2) is 36.4 Å². The lowest BCUT2D eigenvalue weighted by molar-refractivity contribution is 0.0953. The first-order chi connectivity index (χ1) is 14.2. The van der Waals surface area contributed by atoms with E-state index >= 15 is 0 Å². The molecular weight excluding hydrogens is 388 g/mol. The summed E-state index contributed by atoms with van der Waals surface area (Å²) in [6.07, 6.45) is 0.679. The van der Waals surface area contributed by atoms with Crippen molar-refractivity contribution in [2.45, 2.75) is 27.2 Å². The van der Waals surface area contributed by atoms with Gasteiger partial charge in [-0.25, -0.2) is 4.98 Å². The van der Waals surface area contributed by atoms with E-state index < -0.39 is 0 Å². The van der Waals surface area contributed by atoms with Crippen molar-refractivity contribution < 1.29 is 19.0 Å². The average Bonchev–Trinajstić information content (AvgIpc) is 3.13. The Morgan fingerprint density at radius 3 is 2.28 bits per heavy atom. The standard InChI is InChI=1S/C22H26N2O4S/c1-4-26-17-13-15(14-18(27-5-2)21(17)28-6-3)22(25)23-12-11-20-24-16-9-7-8-10-19(16)29-20/h7-10,13-14H,4-6,11-12H2,1-3H3,(H,23,25). The van der Waals surface area contributed by atoms with E-state index in [4.69, 9.17) is 14.2 Å². The molecule has 1 N–H and O–H groups in total. The van der Waals surface area contributed by atoms with Crippen LogP contribution in [0, 0.1) is 0 Å². The van der Waals surface area contributed by atoms with Gasteiger partial charge in [0.05, 0.1) is 35.0 Å². The Morgan fingerprint density at radius 1 is 1.00 bits per heavy atom. The number of thiazole rings is 1. The Labute approximate surface area is 174 Å². The zero-order valence-corrected chi connectivity index (χ0v) is 17.8. The number of carbonyl (C=O) groups is 1. The summed E-state index contributed by atoms with van der Waals surface area (Å²) < 4.78 is 18.2. The summed E-state index contributed by atoms with van der Waals surface area (Å²) in [6.45, 7) is 7.59. The van der Waals surface area contributed by atoms with Gasteiger partial charge in [0.25, 0.3) is 5.91 Å². The Balaban J connectivity index is 1.71. The molecule has 1 amide bonds. The molecule has 6 nitrogen and oxygen atoms in total. The van der Waals surface area contributed by atoms with E-state index in [1.807, 2.05) is 39.0 Å². The van der Waals surface area contributed by atoms with Crippen LogP contribution in [0.3, 0.4) is 0 Å². The molecule has 0 spiro atoms. The Kier molecular flexibility index (Phi) is 7.30. The number of amides is 1. The Hall–Kier alpha value is -2.80. The van der Waals surface area contributed by atoms with E-state index in [9.17, 15) is 4.79 Å². The molecule has 0 aliphatic rings. The number of para-hydroxylation sites is 1. The molecule has 1 heterocycles. The van der Waals surface area contributed by atoms with Crippen molar-refractivity contribution in [1.29, 1.82) is 0 Å². The van der Waals surface area contributed by atoms with E-state index in [0.717, 1.165) is 15.2 Å². The van der Waals surface area contributed by atoms with Gasteiger partial charge in [0.15, 0.2) is 11.5 Å². The maximum absolute atomic E-state index is 12.7. The fourth-order valence-corrected chi connectivity index (χ4v) is 3.90. The molecule has 0 bridgehead atoms. The number of carbonyl (C=O) groups excluding carboxylic acids is 1. The maximum atomic E-state index is 12.7. The van der Waals surface area contributed by atoms with Crippen LogP contribution in [0.5, 0.6) is 17.2 Å². The summed E-state index contributed by atoms with van der Waals surface area (Å²) in [4.78, 5) is 17.3. The van der Waals surface area contributed by atoms with E-state index in [1.54, 1.807) is 23.5 Å². The summed E-state index contributed by atoms with van der Waals surface area (Å²) in [5.41, 5.74) is 1.47. The second-order valence-electron chi connectivity index (χ2n) is 6.18. The number of benzene rings is 2. The topological polar surface area (TPSA) is 69.7 Å². The predicted molar refractivity (Wildman–Crippen MR) is 116 cm³/mol. The summed E-state index contributed by atoms with van der Waals surface area (Å²) >= 11 is 1.65. The minimum Gasteiger partial charge on any atom is -0.490 e. The minimum atomic E-state index is -0.184. The first kappa shape index (κ1) is 20.9. The van der Waals surface area contributed by atoms with Crippen molar-refractivity contribution in [3.8, 4) is 17.2 Å². The molecule has 1 aromatic heterocycles. The quantitative estimate of drug-likeness (QED) is 0.530. The molecule has 0 fully saturated rings. The van der Waals surface area contributed by atoms with Gasteiger partial charge in [-0.3, -0.25) is 4.79 Å². The van der Waals surface area contributed by atoms with Gasteiger partial charge in [0, 0.05) is 18.5 Å². The fraction of sp³-hybridized carbons (Fsp3) is 0.364. The maximum Gasteiger partial charge on any atom is 0.251 e. The number of aromatic nitrogens is 1. The highest BCUT2D eigenvalue weighted by Crippen LogP contribution is 2.39. The third-order valence-corrected chi connectivity index (χ3v) is 5.23. The van der Waals surface area contributed by atoms with Crippen LogP contribution in [-0.2, 0) is 6.42 Å². The molecule has 7 heteroatoms. The summed E-state index contributed by atoms with van der Waals surface area (Å²) in [6, 6.07) is 11.4. The van der Waals surface area contributed by atoms with Crippen LogP contribution in [-0.4, -0.2) is 37.3 Å². The number of rotatable bonds is 10. The van der Waals surface area contributed by atoms with Gasteiger partial charge in [0.1, 0.15) is 0 Å². The van der Waals surface area contributed by atoms with Crippen molar-refractivity contribution in [3.05, 3.63) is 47.0 Å². The van der Waals surface area contributed by atoms with Gasteiger partial charge in [0.2, 0.25) is 5.75 Å². The van der Waals surface area contributed by atoms with Gasteiger partial charge in [-0.1, -0.05) is 12.1 Å². The van der Waals surface area contributed by atoms with Crippen molar-refractivity contribution >= 4 is 27.5 Å². The van der Waals surface area contributed by atoms with Crippen molar-refractivity contribution in [2.75, 3.05) is 26.4 Å².